The molecular formula is C28H22BrFN2O4. The fraction of sp³-hybridized carbons (Fsp3) is 0.143. The molecule has 5 rings (SSSR count). The van der Waals surface area contributed by atoms with Crippen LogP contribution in [-0.2, 0) is 16.0 Å². The van der Waals surface area contributed by atoms with Crippen LogP contribution in [0.2, 0.25) is 0 Å². The number of aliphatic hydroxyl groups is 1. The molecule has 1 aromatic heterocycles. The first-order valence-electron chi connectivity index (χ1n) is 11.3. The molecule has 1 amide bonds. The summed E-state index contributed by atoms with van der Waals surface area (Å²) in [5.74, 6) is -1.54. The van der Waals surface area contributed by atoms with E-state index in [0.29, 0.717) is 12.0 Å². The minimum atomic E-state index is -0.789. The van der Waals surface area contributed by atoms with Crippen LogP contribution in [-0.4, -0.2) is 40.3 Å². The molecule has 36 heavy (non-hydrogen) atoms. The largest absolute Gasteiger partial charge is 0.507 e. The number of aromatic amines is 1. The number of Topliss-reactive ketones (excluding diaryl/α,β-unsaturated/α-hetero) is 1. The Hall–Kier alpha value is -3.91. The van der Waals surface area contributed by atoms with Crippen LogP contribution in [0.25, 0.3) is 16.7 Å². The lowest BCUT2D eigenvalue weighted by molar-refractivity contribution is -0.139. The summed E-state index contributed by atoms with van der Waals surface area (Å²) in [5.41, 5.74) is 2.84. The summed E-state index contributed by atoms with van der Waals surface area (Å²) in [6, 6.07) is 17.3. The molecule has 1 saturated heterocycles. The van der Waals surface area contributed by atoms with Gasteiger partial charge in [0.2, 0.25) is 0 Å². The number of nitrogens with zero attached hydrogens (tertiary/aromatic N) is 1. The number of H-pyrrole nitrogens is 1. The quantitative estimate of drug-likeness (QED) is 0.183. The van der Waals surface area contributed by atoms with Crippen LogP contribution in [0.5, 0.6) is 5.75 Å². The summed E-state index contributed by atoms with van der Waals surface area (Å²) in [4.78, 5) is 31.1. The van der Waals surface area contributed by atoms with Crippen molar-refractivity contribution < 1.29 is 23.8 Å². The number of amides is 1. The van der Waals surface area contributed by atoms with E-state index in [1.807, 2.05) is 48.7 Å². The molecule has 1 fully saturated rings. The number of fused-ring (bicyclic) bond motifs is 1. The van der Waals surface area contributed by atoms with Crippen LogP contribution in [0, 0.1) is 5.82 Å². The summed E-state index contributed by atoms with van der Waals surface area (Å²) in [6.45, 7) is 0.246. The van der Waals surface area contributed by atoms with Gasteiger partial charge in [-0.05, 0) is 72.1 Å². The Bertz CT molecular complexity index is 1490. The van der Waals surface area contributed by atoms with Crippen molar-refractivity contribution in [3.63, 3.8) is 0 Å². The molecule has 8 heteroatoms. The van der Waals surface area contributed by atoms with Gasteiger partial charge in [-0.1, -0.05) is 28.1 Å². The zero-order valence-electron chi connectivity index (χ0n) is 19.3. The maximum atomic E-state index is 13.5. The maximum absolute atomic E-state index is 13.5. The second-order valence-corrected chi connectivity index (χ2v) is 9.44. The van der Waals surface area contributed by atoms with Crippen LogP contribution in [0.3, 0.4) is 0 Å². The van der Waals surface area contributed by atoms with Gasteiger partial charge < -0.3 is 19.7 Å². The van der Waals surface area contributed by atoms with E-state index < -0.39 is 23.5 Å². The summed E-state index contributed by atoms with van der Waals surface area (Å²) in [6.07, 6.45) is 2.36. The molecule has 1 aliphatic rings. The van der Waals surface area contributed by atoms with E-state index >= 15 is 0 Å². The summed E-state index contributed by atoms with van der Waals surface area (Å²) in [5, 5.41) is 12.1. The minimum absolute atomic E-state index is 0.0190. The van der Waals surface area contributed by atoms with Gasteiger partial charge in [-0.15, -0.1) is 0 Å². The number of likely N-dealkylation sites (tertiary alicyclic amines) is 1. The molecule has 0 unspecified atom stereocenters. The molecule has 0 bridgehead atoms. The van der Waals surface area contributed by atoms with Gasteiger partial charge in [-0.25, -0.2) is 4.39 Å². The standard InChI is InChI=1S/C28H22BrFN2O4/c1-36-21-10-11-23-22(14-21)18(15-31-23)12-13-32-25(16-2-6-19(29)7-3-16)24(27(34)28(32)35)26(33)17-4-8-20(30)9-5-17/h2-11,14-15,25,31,33H,12-13H2,1H3/t25-/m0/s1. The molecule has 2 heterocycles. The lowest BCUT2D eigenvalue weighted by Gasteiger charge is -2.25. The Kier molecular flexibility index (Phi) is 6.36. The van der Waals surface area contributed by atoms with Gasteiger partial charge in [0.25, 0.3) is 11.7 Å². The van der Waals surface area contributed by atoms with Crippen molar-refractivity contribution in [1.82, 2.24) is 9.88 Å². The van der Waals surface area contributed by atoms with Gasteiger partial charge in [0.1, 0.15) is 17.3 Å². The number of ketones is 1. The Morgan fingerprint density at radius 2 is 1.81 bits per heavy atom. The smallest absolute Gasteiger partial charge is 0.295 e. The fourth-order valence-corrected chi connectivity index (χ4v) is 4.86. The first-order chi connectivity index (χ1) is 17.4. The molecule has 4 aromatic rings. The number of rotatable bonds is 6. The first-order valence-corrected chi connectivity index (χ1v) is 12.1. The highest BCUT2D eigenvalue weighted by molar-refractivity contribution is 9.10. The van der Waals surface area contributed by atoms with Crippen LogP contribution in [0.1, 0.15) is 22.7 Å². The molecule has 1 atom stereocenters. The predicted octanol–water partition coefficient (Wildman–Crippen LogP) is 5.74. The summed E-state index contributed by atoms with van der Waals surface area (Å²) >= 11 is 3.41. The fourth-order valence-electron chi connectivity index (χ4n) is 4.60. The lowest BCUT2D eigenvalue weighted by Crippen LogP contribution is -2.31. The highest BCUT2D eigenvalue weighted by Crippen LogP contribution is 2.40. The Balaban J connectivity index is 1.55. The third-order valence-electron chi connectivity index (χ3n) is 6.44. The zero-order chi connectivity index (χ0) is 25.4. The van der Waals surface area contributed by atoms with E-state index in [1.165, 1.54) is 29.2 Å². The van der Waals surface area contributed by atoms with Crippen LogP contribution >= 0.6 is 15.9 Å². The number of aliphatic hydroxyl groups excluding tert-OH is 1. The molecular weight excluding hydrogens is 527 g/mol. The molecule has 0 saturated carbocycles. The monoisotopic (exact) mass is 548 g/mol. The number of carbonyl (C=O) groups excluding carboxylic acids is 2. The first kappa shape index (κ1) is 23.8. The average molecular weight is 549 g/mol. The lowest BCUT2D eigenvalue weighted by atomic mass is 9.95. The summed E-state index contributed by atoms with van der Waals surface area (Å²) < 4.78 is 19.6. The third kappa shape index (κ3) is 4.28. The predicted molar refractivity (Wildman–Crippen MR) is 138 cm³/mol. The van der Waals surface area contributed by atoms with E-state index in [9.17, 15) is 19.1 Å². The summed E-state index contributed by atoms with van der Waals surface area (Å²) in [7, 11) is 1.60. The van der Waals surface area contributed by atoms with Crippen molar-refractivity contribution in [2.75, 3.05) is 13.7 Å². The van der Waals surface area contributed by atoms with Crippen molar-refractivity contribution in [1.29, 1.82) is 0 Å². The molecule has 0 radical (unpaired) electrons. The van der Waals surface area contributed by atoms with Crippen molar-refractivity contribution in [2.45, 2.75) is 12.5 Å². The Labute approximate surface area is 215 Å². The van der Waals surface area contributed by atoms with Crippen molar-refractivity contribution in [2.24, 2.45) is 0 Å². The second kappa shape index (κ2) is 9.62. The zero-order valence-corrected chi connectivity index (χ0v) is 20.9. The number of benzene rings is 3. The molecule has 3 aromatic carbocycles. The number of halogens is 2. The number of nitrogens with one attached hydrogen (secondary N) is 1. The van der Waals surface area contributed by atoms with E-state index in [2.05, 4.69) is 20.9 Å². The van der Waals surface area contributed by atoms with Crippen LogP contribution in [0.15, 0.2) is 83.0 Å². The van der Waals surface area contributed by atoms with Gasteiger partial charge in [-0.3, -0.25) is 9.59 Å². The van der Waals surface area contributed by atoms with E-state index in [1.54, 1.807) is 7.11 Å². The molecule has 1 aliphatic heterocycles. The minimum Gasteiger partial charge on any atom is -0.507 e. The highest BCUT2D eigenvalue weighted by Gasteiger charge is 2.45. The molecule has 6 nitrogen and oxygen atoms in total. The topological polar surface area (TPSA) is 82.6 Å². The third-order valence-corrected chi connectivity index (χ3v) is 6.97. The molecule has 182 valence electrons. The van der Waals surface area contributed by atoms with Crippen molar-refractivity contribution in [3.8, 4) is 5.75 Å². The van der Waals surface area contributed by atoms with Crippen LogP contribution < -0.4 is 4.74 Å². The number of ether oxygens (including phenoxy) is 1. The molecule has 2 N–H and O–H groups in total. The molecule has 0 spiro atoms. The number of methoxy groups -OCH3 is 1. The number of aromatic nitrogens is 1. The Morgan fingerprint density at radius 1 is 1.08 bits per heavy atom. The van der Waals surface area contributed by atoms with E-state index in [0.717, 1.165) is 26.7 Å². The highest BCUT2D eigenvalue weighted by atomic mass is 79.9. The SMILES string of the molecule is COc1ccc2[nH]cc(CCN3C(=O)C(=O)C(=C(O)c4ccc(F)cc4)[C@@H]3c3ccc(Br)cc3)c2c1. The second-order valence-electron chi connectivity index (χ2n) is 8.53. The van der Waals surface area contributed by atoms with Gasteiger partial charge in [0, 0.05) is 33.7 Å². The van der Waals surface area contributed by atoms with Crippen LogP contribution in [0.4, 0.5) is 4.39 Å². The number of carbonyl (C=O) groups is 2. The van der Waals surface area contributed by atoms with Crippen molar-refractivity contribution >= 4 is 44.3 Å². The van der Waals surface area contributed by atoms with E-state index in [-0.39, 0.29) is 23.4 Å². The molecule has 0 aliphatic carbocycles. The maximum Gasteiger partial charge on any atom is 0.295 e. The van der Waals surface area contributed by atoms with Gasteiger partial charge >= 0.3 is 0 Å². The normalized spacial score (nSPS) is 17.2. The van der Waals surface area contributed by atoms with Crippen molar-refractivity contribution in [3.05, 3.63) is 105 Å². The average Bonchev–Trinajstić information content (AvgIpc) is 3.40. The number of hydrogen-bond donors (Lipinski definition) is 2. The van der Waals surface area contributed by atoms with Gasteiger partial charge in [-0.2, -0.15) is 0 Å². The van der Waals surface area contributed by atoms with E-state index in [4.69, 9.17) is 4.74 Å². The Morgan fingerprint density at radius 3 is 2.50 bits per heavy atom. The van der Waals surface area contributed by atoms with Gasteiger partial charge in [0.15, 0.2) is 0 Å². The van der Waals surface area contributed by atoms with Gasteiger partial charge in [0.05, 0.1) is 18.7 Å². The number of hydrogen-bond acceptors (Lipinski definition) is 4.